The van der Waals surface area contributed by atoms with Gasteiger partial charge in [-0.25, -0.2) is 4.79 Å². The van der Waals surface area contributed by atoms with E-state index >= 15 is 0 Å². The van der Waals surface area contributed by atoms with Gasteiger partial charge < -0.3 is 40.2 Å². The van der Waals surface area contributed by atoms with E-state index in [1.165, 1.54) is 25.3 Å². The number of aliphatic hydroxyl groups is 2. The predicted octanol–water partition coefficient (Wildman–Crippen LogP) is -1.78. The highest BCUT2D eigenvalue weighted by molar-refractivity contribution is 6.02. The standard InChI is InChI=1S/C23H25N5O12/c1-37-17-16(31)22(27-6-5-14(30)26-23(27)34)40-18(17)19(20(24)32)39-15-9-12(29)8-13(38-15)21(33)25-10-3-2-4-11(7-10)28(35)36/h2-8,12,15-19,22,29,31H,9H2,1H3,(H2,24,32)(H,25,33)(H,26,30,34)/t12-,15+,16+,17-,18-,19+,22+/m0/s1. The van der Waals surface area contributed by atoms with Crippen molar-refractivity contribution in [1.29, 1.82) is 0 Å². The molecule has 6 N–H and O–H groups in total. The summed E-state index contributed by atoms with van der Waals surface area (Å²) in [6.07, 6.45) is -7.99. The van der Waals surface area contributed by atoms with E-state index in [1.807, 2.05) is 4.98 Å². The minimum absolute atomic E-state index is 0.0797. The van der Waals surface area contributed by atoms with Crippen LogP contribution in [0.1, 0.15) is 12.6 Å². The van der Waals surface area contributed by atoms with Crippen LogP contribution in [0.2, 0.25) is 0 Å². The summed E-state index contributed by atoms with van der Waals surface area (Å²) in [5.41, 5.74) is 3.77. The van der Waals surface area contributed by atoms with Crippen LogP contribution in [0.4, 0.5) is 11.4 Å². The van der Waals surface area contributed by atoms with Gasteiger partial charge in [-0.3, -0.25) is 34.0 Å². The van der Waals surface area contributed by atoms with Gasteiger partial charge in [-0.1, -0.05) is 6.07 Å². The second-order valence-corrected chi connectivity index (χ2v) is 8.80. The van der Waals surface area contributed by atoms with E-state index in [9.17, 15) is 39.5 Å². The summed E-state index contributed by atoms with van der Waals surface area (Å²) in [4.78, 5) is 61.2. The zero-order valence-corrected chi connectivity index (χ0v) is 20.7. The molecule has 0 saturated carbocycles. The number of aromatic nitrogens is 2. The fourth-order valence-electron chi connectivity index (χ4n) is 4.29. The van der Waals surface area contributed by atoms with E-state index in [2.05, 4.69) is 5.32 Å². The molecule has 7 atom stereocenters. The van der Waals surface area contributed by atoms with Gasteiger partial charge in [0.25, 0.3) is 17.2 Å². The molecular weight excluding hydrogens is 538 g/mol. The first-order chi connectivity index (χ1) is 19.0. The number of methoxy groups -OCH3 is 1. The number of aliphatic hydroxyl groups excluding tert-OH is 2. The smallest absolute Gasteiger partial charge is 0.330 e. The Labute approximate surface area is 223 Å². The molecule has 214 valence electrons. The number of ether oxygens (including phenoxy) is 4. The number of non-ortho nitro benzene ring substituents is 1. The first-order valence-electron chi connectivity index (χ1n) is 11.7. The molecule has 3 heterocycles. The fourth-order valence-corrected chi connectivity index (χ4v) is 4.29. The van der Waals surface area contributed by atoms with E-state index < -0.39 is 76.8 Å². The Morgan fingerprint density at radius 1 is 1.30 bits per heavy atom. The van der Waals surface area contributed by atoms with Crippen LogP contribution >= 0.6 is 0 Å². The molecule has 2 aliphatic heterocycles. The van der Waals surface area contributed by atoms with Crippen molar-refractivity contribution >= 4 is 23.2 Å². The van der Waals surface area contributed by atoms with Crippen molar-refractivity contribution in [3.8, 4) is 0 Å². The Balaban J connectivity index is 1.50. The van der Waals surface area contributed by atoms with Crippen molar-refractivity contribution in [1.82, 2.24) is 9.55 Å². The number of nitro groups is 1. The lowest BCUT2D eigenvalue weighted by Crippen LogP contribution is -2.50. The summed E-state index contributed by atoms with van der Waals surface area (Å²) >= 11 is 0. The van der Waals surface area contributed by atoms with Crippen LogP contribution in [0.3, 0.4) is 0 Å². The average Bonchev–Trinajstić information content (AvgIpc) is 3.22. The van der Waals surface area contributed by atoms with Gasteiger partial charge in [-0.2, -0.15) is 0 Å². The van der Waals surface area contributed by atoms with Crippen LogP contribution in [0.5, 0.6) is 0 Å². The minimum Gasteiger partial charge on any atom is -0.459 e. The number of aromatic amines is 1. The molecule has 2 aliphatic rings. The molecule has 1 fully saturated rings. The summed E-state index contributed by atoms with van der Waals surface area (Å²) in [5, 5.41) is 34.5. The molecule has 0 radical (unpaired) electrons. The molecule has 17 heteroatoms. The number of hydrogen-bond donors (Lipinski definition) is 5. The van der Waals surface area contributed by atoms with Gasteiger partial charge in [-0.05, 0) is 12.1 Å². The summed E-state index contributed by atoms with van der Waals surface area (Å²) in [5.74, 6) is -2.36. The van der Waals surface area contributed by atoms with Crippen LogP contribution in [-0.2, 0) is 28.5 Å². The molecule has 40 heavy (non-hydrogen) atoms. The Hall–Kier alpha value is -4.42. The predicted molar refractivity (Wildman–Crippen MR) is 131 cm³/mol. The lowest BCUT2D eigenvalue weighted by Gasteiger charge is -2.32. The molecule has 2 amide bonds. The number of primary amides is 1. The molecule has 0 spiro atoms. The number of H-pyrrole nitrogens is 1. The first kappa shape index (κ1) is 28.6. The maximum atomic E-state index is 12.7. The fraction of sp³-hybridized carbons (Fsp3) is 0.391. The van der Waals surface area contributed by atoms with Crippen molar-refractivity contribution in [2.24, 2.45) is 5.73 Å². The molecular formula is C23H25N5O12. The van der Waals surface area contributed by atoms with E-state index in [1.54, 1.807) is 0 Å². The quantitative estimate of drug-likeness (QED) is 0.168. The van der Waals surface area contributed by atoms with Crippen LogP contribution < -0.4 is 22.3 Å². The maximum absolute atomic E-state index is 12.7. The van der Waals surface area contributed by atoms with Crippen molar-refractivity contribution in [3.63, 3.8) is 0 Å². The number of benzene rings is 1. The normalized spacial score (nSPS) is 26.8. The highest BCUT2D eigenvalue weighted by atomic mass is 16.7. The van der Waals surface area contributed by atoms with Crippen LogP contribution in [-0.4, -0.2) is 80.4 Å². The van der Waals surface area contributed by atoms with Gasteiger partial charge in [0.15, 0.2) is 18.1 Å². The highest BCUT2D eigenvalue weighted by Crippen LogP contribution is 2.34. The summed E-state index contributed by atoms with van der Waals surface area (Å²) in [7, 11) is 1.21. The largest absolute Gasteiger partial charge is 0.459 e. The first-order valence-corrected chi connectivity index (χ1v) is 11.7. The molecule has 4 rings (SSSR count). The van der Waals surface area contributed by atoms with Gasteiger partial charge >= 0.3 is 5.69 Å². The maximum Gasteiger partial charge on any atom is 0.330 e. The zero-order valence-electron chi connectivity index (χ0n) is 20.7. The summed E-state index contributed by atoms with van der Waals surface area (Å²) < 4.78 is 23.1. The third-order valence-electron chi connectivity index (χ3n) is 6.10. The third-order valence-corrected chi connectivity index (χ3v) is 6.10. The number of nitrogens with one attached hydrogen (secondary N) is 2. The highest BCUT2D eigenvalue weighted by Gasteiger charge is 2.51. The van der Waals surface area contributed by atoms with Crippen LogP contribution in [0.15, 0.2) is 58.0 Å². The molecule has 1 aromatic carbocycles. The molecule has 17 nitrogen and oxygen atoms in total. The number of nitrogens with zero attached hydrogens (tertiary/aromatic N) is 2. The number of nitrogens with two attached hydrogens (primary N) is 1. The summed E-state index contributed by atoms with van der Waals surface area (Å²) in [6.45, 7) is 0. The second-order valence-electron chi connectivity index (χ2n) is 8.80. The van der Waals surface area contributed by atoms with Crippen molar-refractivity contribution in [3.05, 3.63) is 79.3 Å². The second kappa shape index (κ2) is 11.8. The lowest BCUT2D eigenvalue weighted by atomic mass is 10.0. The van der Waals surface area contributed by atoms with Crippen molar-refractivity contribution in [2.45, 2.75) is 49.5 Å². The number of carbonyl (C=O) groups excluding carboxylic acids is 2. The van der Waals surface area contributed by atoms with Gasteiger partial charge in [0.2, 0.25) is 12.2 Å². The zero-order chi connectivity index (χ0) is 29.1. The van der Waals surface area contributed by atoms with Crippen molar-refractivity contribution in [2.75, 3.05) is 12.4 Å². The molecule has 0 aliphatic carbocycles. The monoisotopic (exact) mass is 563 g/mol. The summed E-state index contributed by atoms with van der Waals surface area (Å²) in [6, 6.07) is 6.14. The van der Waals surface area contributed by atoms with Gasteiger partial charge in [0.1, 0.15) is 18.3 Å². The Morgan fingerprint density at radius 2 is 2.05 bits per heavy atom. The third kappa shape index (κ3) is 6.08. The Kier molecular flexibility index (Phi) is 8.40. The van der Waals surface area contributed by atoms with E-state index in [4.69, 9.17) is 24.7 Å². The topological polar surface area (TPSA) is 248 Å². The lowest BCUT2D eigenvalue weighted by molar-refractivity contribution is -0.384. The van der Waals surface area contributed by atoms with E-state index in [0.717, 1.165) is 29.0 Å². The molecule has 1 saturated heterocycles. The number of nitro benzene ring substituents is 1. The SMILES string of the molecule is CO[C@H]1[C@@H](O)[C@H](n2ccc(=O)[nH]c2=O)O[C@@H]1[C@@H](O[C@@H]1C[C@@H](O)C=C(C(=O)Nc2cccc([N+](=O)[O-])c2)O1)C(N)=O. The van der Waals surface area contributed by atoms with E-state index in [0.29, 0.717) is 0 Å². The molecule has 1 aromatic heterocycles. The van der Waals surface area contributed by atoms with Gasteiger partial charge in [0, 0.05) is 43.6 Å². The number of rotatable bonds is 9. The van der Waals surface area contributed by atoms with Crippen LogP contribution in [0.25, 0.3) is 0 Å². The Bertz CT molecular complexity index is 1440. The van der Waals surface area contributed by atoms with Gasteiger partial charge in [0.05, 0.1) is 11.0 Å². The van der Waals surface area contributed by atoms with Crippen molar-refractivity contribution < 1.29 is 43.7 Å². The average molecular weight is 563 g/mol. The Morgan fingerprint density at radius 3 is 2.70 bits per heavy atom. The van der Waals surface area contributed by atoms with Crippen LogP contribution in [0, 0.1) is 10.1 Å². The number of anilines is 1. The number of amides is 2. The van der Waals surface area contributed by atoms with Gasteiger partial charge in [-0.15, -0.1) is 0 Å². The molecule has 2 aromatic rings. The number of carbonyl (C=O) groups is 2. The van der Waals surface area contributed by atoms with E-state index in [-0.39, 0.29) is 17.8 Å². The number of hydrogen-bond acceptors (Lipinski definition) is 12. The molecule has 0 unspecified atom stereocenters. The molecule has 0 bridgehead atoms. The minimum atomic E-state index is -1.67.